The van der Waals surface area contributed by atoms with E-state index in [1.54, 1.807) is 7.11 Å². The minimum Gasteiger partial charge on any atom is -0.383 e. The Kier molecular flexibility index (Phi) is 8.65. The second kappa shape index (κ2) is 8.88. The monoisotopic (exact) mass is 234 g/mol. The highest BCUT2D eigenvalue weighted by molar-refractivity contribution is 7.80. The van der Waals surface area contributed by atoms with Crippen molar-refractivity contribution in [1.82, 2.24) is 10.6 Å². The van der Waals surface area contributed by atoms with E-state index in [4.69, 9.17) is 21.7 Å². The molecule has 0 saturated heterocycles. The van der Waals surface area contributed by atoms with Crippen LogP contribution in [0.1, 0.15) is 20.8 Å². The maximum absolute atomic E-state index is 5.37. The molecule has 0 heterocycles. The Hall–Kier alpha value is -0.390. The van der Waals surface area contributed by atoms with E-state index in [1.165, 1.54) is 0 Å². The number of methoxy groups -OCH3 is 1. The normalized spacial score (nSPS) is 14.4. The van der Waals surface area contributed by atoms with E-state index in [-0.39, 0.29) is 12.1 Å². The molecule has 15 heavy (non-hydrogen) atoms. The third-order valence-corrected chi connectivity index (χ3v) is 2.06. The van der Waals surface area contributed by atoms with Gasteiger partial charge in [0.05, 0.1) is 12.7 Å². The zero-order valence-electron chi connectivity index (χ0n) is 10.0. The third-order valence-electron chi connectivity index (χ3n) is 1.80. The van der Waals surface area contributed by atoms with Gasteiger partial charge in [-0.25, -0.2) is 0 Å². The highest BCUT2D eigenvalue weighted by Crippen LogP contribution is 1.88. The summed E-state index contributed by atoms with van der Waals surface area (Å²) >= 11 is 5.11. The zero-order valence-corrected chi connectivity index (χ0v) is 10.8. The first-order valence-electron chi connectivity index (χ1n) is 5.25. The van der Waals surface area contributed by atoms with Gasteiger partial charge >= 0.3 is 0 Å². The molecule has 5 heteroatoms. The summed E-state index contributed by atoms with van der Waals surface area (Å²) in [7, 11) is 1.67. The minimum atomic E-state index is 0.174. The van der Waals surface area contributed by atoms with Gasteiger partial charge in [0.1, 0.15) is 0 Å². The fourth-order valence-corrected chi connectivity index (χ4v) is 1.43. The van der Waals surface area contributed by atoms with Crippen LogP contribution in [0.5, 0.6) is 0 Å². The molecule has 0 bridgehead atoms. The molecule has 4 nitrogen and oxygen atoms in total. The summed E-state index contributed by atoms with van der Waals surface area (Å²) in [5, 5.41) is 6.86. The van der Waals surface area contributed by atoms with Gasteiger partial charge in [-0.15, -0.1) is 0 Å². The Morgan fingerprint density at radius 2 is 2.07 bits per heavy atom. The number of rotatable bonds is 7. The van der Waals surface area contributed by atoms with Crippen LogP contribution in [0, 0.1) is 0 Å². The first-order chi connectivity index (χ1) is 7.10. The largest absolute Gasteiger partial charge is 0.383 e. The lowest BCUT2D eigenvalue weighted by Crippen LogP contribution is -2.44. The Morgan fingerprint density at radius 3 is 2.60 bits per heavy atom. The molecule has 0 rings (SSSR count). The molecule has 0 amide bonds. The van der Waals surface area contributed by atoms with Crippen LogP contribution in [0.25, 0.3) is 0 Å². The Labute approximate surface area is 97.7 Å². The van der Waals surface area contributed by atoms with Crippen LogP contribution in [-0.4, -0.2) is 44.1 Å². The third kappa shape index (κ3) is 8.59. The topological polar surface area (TPSA) is 42.5 Å². The maximum Gasteiger partial charge on any atom is 0.166 e. The van der Waals surface area contributed by atoms with Crippen molar-refractivity contribution < 1.29 is 9.47 Å². The summed E-state index contributed by atoms with van der Waals surface area (Å²) in [5.41, 5.74) is 0. The molecule has 0 aromatic heterocycles. The fourth-order valence-electron chi connectivity index (χ4n) is 1.15. The van der Waals surface area contributed by atoms with Gasteiger partial charge in [-0.3, -0.25) is 0 Å². The number of hydrogen-bond donors (Lipinski definition) is 2. The van der Waals surface area contributed by atoms with E-state index in [9.17, 15) is 0 Å². The van der Waals surface area contributed by atoms with Crippen LogP contribution >= 0.6 is 12.2 Å². The van der Waals surface area contributed by atoms with Gasteiger partial charge in [0.2, 0.25) is 0 Å². The Bertz CT molecular complexity index is 179. The molecule has 0 saturated carbocycles. The summed E-state index contributed by atoms with van der Waals surface area (Å²) in [5.74, 6) is 0. The van der Waals surface area contributed by atoms with Gasteiger partial charge in [0, 0.05) is 26.3 Å². The van der Waals surface area contributed by atoms with Gasteiger partial charge in [0.15, 0.2) is 5.11 Å². The van der Waals surface area contributed by atoms with Crippen molar-refractivity contribution in [3.8, 4) is 0 Å². The molecule has 0 spiro atoms. The number of hydrogen-bond acceptors (Lipinski definition) is 3. The molecule has 2 unspecified atom stereocenters. The van der Waals surface area contributed by atoms with E-state index < -0.39 is 0 Å². The fraction of sp³-hybridized carbons (Fsp3) is 0.900. The van der Waals surface area contributed by atoms with Gasteiger partial charge in [0.25, 0.3) is 0 Å². The molecule has 0 fully saturated rings. The van der Waals surface area contributed by atoms with Crippen LogP contribution in [0.4, 0.5) is 0 Å². The average molecular weight is 234 g/mol. The van der Waals surface area contributed by atoms with Crippen molar-refractivity contribution in [1.29, 1.82) is 0 Å². The highest BCUT2D eigenvalue weighted by atomic mass is 32.1. The molecule has 90 valence electrons. The smallest absolute Gasteiger partial charge is 0.166 e. The molecular formula is C10H22N2O2S. The maximum atomic E-state index is 5.37. The lowest BCUT2D eigenvalue weighted by Gasteiger charge is -2.18. The Balaban J connectivity index is 3.56. The molecule has 2 N–H and O–H groups in total. The predicted octanol–water partition coefficient (Wildman–Crippen LogP) is 0.910. The molecule has 0 aromatic carbocycles. The van der Waals surface area contributed by atoms with Crippen molar-refractivity contribution in [2.75, 3.05) is 26.9 Å². The van der Waals surface area contributed by atoms with Crippen molar-refractivity contribution in [3.63, 3.8) is 0 Å². The van der Waals surface area contributed by atoms with Crippen molar-refractivity contribution in [3.05, 3.63) is 0 Å². The number of nitrogens with one attached hydrogen (secondary N) is 2. The van der Waals surface area contributed by atoms with Crippen molar-refractivity contribution in [2.24, 2.45) is 0 Å². The lowest BCUT2D eigenvalue weighted by atomic mass is 10.4. The van der Waals surface area contributed by atoms with E-state index in [2.05, 4.69) is 10.6 Å². The Morgan fingerprint density at radius 1 is 1.40 bits per heavy atom. The molecule has 0 aliphatic heterocycles. The molecule has 0 aromatic rings. The van der Waals surface area contributed by atoms with Crippen LogP contribution in [-0.2, 0) is 9.47 Å². The first-order valence-corrected chi connectivity index (χ1v) is 5.65. The molecular weight excluding hydrogens is 212 g/mol. The summed E-state index contributed by atoms with van der Waals surface area (Å²) in [6.07, 6.45) is 0.174. The molecule has 0 radical (unpaired) electrons. The van der Waals surface area contributed by atoms with Crippen LogP contribution < -0.4 is 10.6 Å². The van der Waals surface area contributed by atoms with Gasteiger partial charge in [-0.05, 0) is 33.0 Å². The molecule has 2 atom stereocenters. The predicted molar refractivity (Wildman–Crippen MR) is 66.2 cm³/mol. The van der Waals surface area contributed by atoms with Crippen LogP contribution in [0.3, 0.4) is 0 Å². The minimum absolute atomic E-state index is 0.174. The van der Waals surface area contributed by atoms with Gasteiger partial charge < -0.3 is 20.1 Å². The van der Waals surface area contributed by atoms with E-state index in [0.717, 1.165) is 13.2 Å². The standard InChI is InChI=1S/C10H22N2O2S/c1-5-14-9(3)6-11-10(15)12-8(2)7-13-4/h8-9H,5-7H2,1-4H3,(H2,11,12,15). The van der Waals surface area contributed by atoms with Crippen LogP contribution in [0.2, 0.25) is 0 Å². The number of ether oxygens (including phenoxy) is 2. The zero-order chi connectivity index (χ0) is 11.7. The summed E-state index contributed by atoms with van der Waals surface area (Å²) in [6.45, 7) is 8.10. The quantitative estimate of drug-likeness (QED) is 0.641. The van der Waals surface area contributed by atoms with Crippen molar-refractivity contribution >= 4 is 17.3 Å². The average Bonchev–Trinajstić information content (AvgIpc) is 2.15. The van der Waals surface area contributed by atoms with Gasteiger partial charge in [-0.2, -0.15) is 0 Å². The highest BCUT2D eigenvalue weighted by Gasteiger charge is 2.05. The number of thiocarbonyl (C=S) groups is 1. The van der Waals surface area contributed by atoms with E-state index in [0.29, 0.717) is 11.7 Å². The second-order valence-corrected chi connectivity index (χ2v) is 3.88. The molecule has 0 aliphatic carbocycles. The van der Waals surface area contributed by atoms with Crippen LogP contribution in [0.15, 0.2) is 0 Å². The second-order valence-electron chi connectivity index (χ2n) is 3.48. The molecule has 0 aliphatic rings. The van der Waals surface area contributed by atoms with Gasteiger partial charge in [-0.1, -0.05) is 0 Å². The van der Waals surface area contributed by atoms with Crippen molar-refractivity contribution in [2.45, 2.75) is 32.9 Å². The summed E-state index contributed by atoms with van der Waals surface area (Å²) in [4.78, 5) is 0. The summed E-state index contributed by atoms with van der Waals surface area (Å²) in [6, 6.07) is 0.220. The summed E-state index contributed by atoms with van der Waals surface area (Å²) < 4.78 is 10.4. The SMILES string of the molecule is CCOC(C)CNC(=S)NC(C)COC. The lowest BCUT2D eigenvalue weighted by molar-refractivity contribution is 0.0793. The first kappa shape index (κ1) is 14.6. The van der Waals surface area contributed by atoms with E-state index in [1.807, 2.05) is 20.8 Å². The van der Waals surface area contributed by atoms with E-state index >= 15 is 0 Å².